The predicted molar refractivity (Wildman–Crippen MR) is 92.8 cm³/mol. The molecule has 0 aromatic carbocycles. The molecule has 1 saturated carbocycles. The fourth-order valence-corrected chi connectivity index (χ4v) is 4.86. The van der Waals surface area contributed by atoms with Crippen LogP contribution in [0.15, 0.2) is 6.33 Å². The van der Waals surface area contributed by atoms with E-state index in [0.717, 1.165) is 0 Å². The van der Waals surface area contributed by atoms with Crippen LogP contribution in [0, 0.1) is 5.92 Å². The number of aliphatic hydroxyl groups excluding tert-OH is 2. The van der Waals surface area contributed by atoms with E-state index in [1.165, 1.54) is 10.9 Å². The van der Waals surface area contributed by atoms with E-state index in [1.807, 2.05) is 0 Å². The molecule has 5 atom stereocenters. The van der Waals surface area contributed by atoms with Crippen LogP contribution in [0.25, 0.3) is 11.2 Å². The molecular formula is C11H16ClN5O9P2. The van der Waals surface area contributed by atoms with E-state index in [0.29, 0.717) is 0 Å². The summed E-state index contributed by atoms with van der Waals surface area (Å²) in [4.78, 5) is 38.3. The molecule has 28 heavy (non-hydrogen) atoms. The zero-order chi connectivity index (χ0) is 20.9. The first-order chi connectivity index (χ1) is 12.9. The summed E-state index contributed by atoms with van der Waals surface area (Å²) >= 11 is 5.79. The van der Waals surface area contributed by atoms with Crippen LogP contribution in [0.5, 0.6) is 0 Å². The van der Waals surface area contributed by atoms with Gasteiger partial charge in [-0.3, -0.25) is 4.52 Å². The topological polar surface area (TPSA) is 223 Å². The van der Waals surface area contributed by atoms with Crippen molar-refractivity contribution in [2.45, 2.75) is 24.7 Å². The highest BCUT2D eigenvalue weighted by molar-refractivity contribution is 7.60. The molecule has 7 N–H and O–H groups in total. The van der Waals surface area contributed by atoms with Gasteiger partial charge in [-0.15, -0.1) is 0 Å². The van der Waals surface area contributed by atoms with Gasteiger partial charge in [0, 0.05) is 5.92 Å². The maximum absolute atomic E-state index is 11.5. The SMILES string of the molecule is Nc1nc(Cl)nc2c1ncn2[C@@H]1C[C@H](COP(=O)(O)OP(=O)(O)O)[C@@H](O)[C@H]1O. The van der Waals surface area contributed by atoms with Gasteiger partial charge >= 0.3 is 15.6 Å². The van der Waals surface area contributed by atoms with Crippen LogP contribution in [0.1, 0.15) is 12.5 Å². The summed E-state index contributed by atoms with van der Waals surface area (Å²) in [5.74, 6) is -0.842. The van der Waals surface area contributed by atoms with Crippen LogP contribution in [0.4, 0.5) is 5.82 Å². The Bertz CT molecular complexity index is 983. The monoisotopic (exact) mass is 459 g/mol. The number of anilines is 1. The van der Waals surface area contributed by atoms with Gasteiger partial charge in [-0.25, -0.2) is 14.1 Å². The molecule has 0 radical (unpaired) electrons. The first-order valence-electron chi connectivity index (χ1n) is 7.64. The van der Waals surface area contributed by atoms with Gasteiger partial charge in [0.15, 0.2) is 11.5 Å². The first kappa shape index (κ1) is 21.5. The van der Waals surface area contributed by atoms with Crippen LogP contribution in [-0.2, 0) is 18.0 Å². The predicted octanol–water partition coefficient (Wildman–Crippen LogP) is -0.429. The van der Waals surface area contributed by atoms with Gasteiger partial charge in [-0.05, 0) is 18.0 Å². The minimum atomic E-state index is -5.27. The summed E-state index contributed by atoms with van der Waals surface area (Å²) in [7, 11) is -10.3. The van der Waals surface area contributed by atoms with Crippen molar-refractivity contribution in [3.63, 3.8) is 0 Å². The normalized spacial score (nSPS) is 27.9. The number of rotatable bonds is 6. The highest BCUT2D eigenvalue weighted by Crippen LogP contribution is 2.58. The summed E-state index contributed by atoms with van der Waals surface area (Å²) in [5, 5.41) is 20.4. The van der Waals surface area contributed by atoms with Gasteiger partial charge in [-0.1, -0.05) is 0 Å². The minimum Gasteiger partial charge on any atom is -0.390 e. The van der Waals surface area contributed by atoms with Crippen LogP contribution in [-0.4, -0.2) is 63.2 Å². The van der Waals surface area contributed by atoms with E-state index < -0.39 is 46.4 Å². The van der Waals surface area contributed by atoms with Crippen molar-refractivity contribution in [3.05, 3.63) is 11.6 Å². The number of nitrogen functional groups attached to an aromatic ring is 1. The number of aliphatic hydroxyl groups is 2. The summed E-state index contributed by atoms with van der Waals surface area (Å²) in [6.45, 7) is -0.618. The van der Waals surface area contributed by atoms with Crippen molar-refractivity contribution < 1.29 is 42.9 Å². The molecule has 156 valence electrons. The number of fused-ring (bicyclic) bond motifs is 1. The largest absolute Gasteiger partial charge is 0.481 e. The molecule has 0 amide bonds. The lowest BCUT2D eigenvalue weighted by Crippen LogP contribution is -2.30. The zero-order valence-corrected chi connectivity index (χ0v) is 16.4. The summed E-state index contributed by atoms with van der Waals surface area (Å²) in [6.07, 6.45) is -1.34. The first-order valence-corrected chi connectivity index (χ1v) is 11.0. The number of halogens is 1. The zero-order valence-electron chi connectivity index (χ0n) is 13.8. The van der Waals surface area contributed by atoms with Crippen molar-refractivity contribution >= 4 is 44.2 Å². The van der Waals surface area contributed by atoms with E-state index in [-0.39, 0.29) is 28.7 Å². The van der Waals surface area contributed by atoms with Crippen LogP contribution in [0.3, 0.4) is 0 Å². The second kappa shape index (κ2) is 7.58. The molecule has 0 aliphatic heterocycles. The number of aromatic nitrogens is 4. The Hall–Kier alpha value is -1.18. The number of hydrogen-bond donors (Lipinski definition) is 6. The van der Waals surface area contributed by atoms with Crippen LogP contribution < -0.4 is 5.73 Å². The van der Waals surface area contributed by atoms with Crippen molar-refractivity contribution in [1.82, 2.24) is 19.5 Å². The molecule has 0 bridgehead atoms. The molecule has 2 heterocycles. The molecule has 17 heteroatoms. The molecule has 2 aromatic heterocycles. The molecule has 1 aliphatic rings. The number of phosphoric acid groups is 2. The molecule has 0 spiro atoms. The third-order valence-electron chi connectivity index (χ3n) is 4.21. The molecule has 3 rings (SSSR count). The van der Waals surface area contributed by atoms with Crippen molar-refractivity contribution in [2.24, 2.45) is 5.92 Å². The second-order valence-electron chi connectivity index (χ2n) is 6.08. The Morgan fingerprint density at radius 1 is 1.25 bits per heavy atom. The summed E-state index contributed by atoms with van der Waals surface area (Å²) < 4.78 is 31.9. The Morgan fingerprint density at radius 2 is 1.93 bits per heavy atom. The van der Waals surface area contributed by atoms with Gasteiger partial charge in [0.2, 0.25) is 5.28 Å². The summed E-state index contributed by atoms with van der Waals surface area (Å²) in [5.41, 5.74) is 6.18. The maximum atomic E-state index is 11.5. The Morgan fingerprint density at radius 3 is 2.57 bits per heavy atom. The van der Waals surface area contributed by atoms with E-state index in [4.69, 9.17) is 27.1 Å². The fourth-order valence-electron chi connectivity index (χ4n) is 3.04. The number of hydrogen-bond acceptors (Lipinski definition) is 10. The fraction of sp³-hybridized carbons (Fsp3) is 0.545. The smallest absolute Gasteiger partial charge is 0.390 e. The third-order valence-corrected chi connectivity index (χ3v) is 6.53. The average molecular weight is 460 g/mol. The maximum Gasteiger partial charge on any atom is 0.481 e. The van der Waals surface area contributed by atoms with E-state index in [9.17, 15) is 24.2 Å². The summed E-state index contributed by atoms with van der Waals surface area (Å²) in [6, 6.07) is -0.764. The van der Waals surface area contributed by atoms with Crippen molar-refractivity contribution in [1.29, 1.82) is 0 Å². The lowest BCUT2D eigenvalue weighted by Gasteiger charge is -2.19. The van der Waals surface area contributed by atoms with Gasteiger partial charge in [-0.2, -0.15) is 14.3 Å². The Labute approximate surface area is 161 Å². The molecule has 2 aromatic rings. The lowest BCUT2D eigenvalue weighted by molar-refractivity contribution is -0.00373. The third kappa shape index (κ3) is 4.52. The highest BCUT2D eigenvalue weighted by Gasteiger charge is 2.44. The number of imidazole rings is 1. The molecular weight excluding hydrogens is 444 g/mol. The Kier molecular flexibility index (Phi) is 5.82. The van der Waals surface area contributed by atoms with E-state index >= 15 is 0 Å². The lowest BCUT2D eigenvalue weighted by atomic mass is 10.1. The van der Waals surface area contributed by atoms with Crippen molar-refractivity contribution in [2.75, 3.05) is 12.3 Å². The Balaban J connectivity index is 1.78. The van der Waals surface area contributed by atoms with Crippen LogP contribution >= 0.6 is 27.2 Å². The van der Waals surface area contributed by atoms with Gasteiger partial charge in [0.05, 0.1) is 25.1 Å². The average Bonchev–Trinajstić information content (AvgIpc) is 3.06. The van der Waals surface area contributed by atoms with Crippen LogP contribution in [0.2, 0.25) is 5.28 Å². The van der Waals surface area contributed by atoms with Gasteiger partial charge in [0.25, 0.3) is 0 Å². The highest BCUT2D eigenvalue weighted by atomic mass is 35.5. The van der Waals surface area contributed by atoms with E-state index in [2.05, 4.69) is 23.8 Å². The van der Waals surface area contributed by atoms with Crippen molar-refractivity contribution in [3.8, 4) is 0 Å². The quantitative estimate of drug-likeness (QED) is 0.238. The van der Waals surface area contributed by atoms with Gasteiger partial charge in [0.1, 0.15) is 11.6 Å². The number of nitrogens with zero attached hydrogens (tertiary/aromatic N) is 4. The number of phosphoric ester groups is 1. The minimum absolute atomic E-state index is 0.0254. The van der Waals surface area contributed by atoms with Gasteiger partial charge < -0.3 is 35.2 Å². The van der Waals surface area contributed by atoms with E-state index in [1.54, 1.807) is 0 Å². The second-order valence-corrected chi connectivity index (χ2v) is 9.25. The molecule has 1 unspecified atom stereocenters. The standard InChI is InChI=1S/C11H16ClN5O9P2/c12-11-15-9(13)6-10(16-11)17(3-14-6)5-1-4(7(18)8(5)19)2-25-28(23,24)26-27(20,21)22/h3-5,7-8,18-19H,1-2H2,(H,23,24)(H2,13,15,16)(H2,20,21,22)/t4-,5-,7-,8+/m1/s1. The molecule has 1 aliphatic carbocycles. The molecule has 1 fully saturated rings. The molecule has 14 nitrogen and oxygen atoms in total. The number of nitrogens with two attached hydrogens (primary N) is 1. The molecule has 0 saturated heterocycles.